The van der Waals surface area contributed by atoms with Crippen molar-refractivity contribution in [3.63, 3.8) is 0 Å². The Labute approximate surface area is 119 Å². The number of nitrogens with zero attached hydrogens (tertiary/aromatic N) is 1. The number of aromatic carboxylic acids is 1. The van der Waals surface area contributed by atoms with E-state index in [-0.39, 0.29) is 5.56 Å². The minimum atomic E-state index is -1.96. The van der Waals surface area contributed by atoms with E-state index in [1.807, 2.05) is 7.05 Å². The van der Waals surface area contributed by atoms with E-state index in [0.29, 0.717) is 18.5 Å². The molecule has 6 heteroatoms. The highest BCUT2D eigenvalue weighted by atomic mass is 31.2. The predicted molar refractivity (Wildman–Crippen MR) is 80.7 cm³/mol. The smallest absolute Gasteiger partial charge is 0.335 e. The van der Waals surface area contributed by atoms with Gasteiger partial charge in [-0.05, 0) is 44.6 Å². The van der Waals surface area contributed by atoms with Crippen LogP contribution in [0, 0.1) is 0 Å². The van der Waals surface area contributed by atoms with Crippen molar-refractivity contribution in [2.24, 2.45) is 0 Å². The molecule has 0 fully saturated rings. The Morgan fingerprint density at radius 3 is 2.35 bits per heavy atom. The van der Waals surface area contributed by atoms with Gasteiger partial charge in [-0.3, -0.25) is 0 Å². The molecule has 1 aromatic carbocycles. The first kappa shape index (κ1) is 16.7. The SMILES string of the molecule is CN(CCOc1ccc(C(=O)O)cc1)CCP(C)(C)=O. The minimum Gasteiger partial charge on any atom is -0.492 e. The van der Waals surface area contributed by atoms with E-state index in [1.54, 1.807) is 25.5 Å². The molecule has 1 rings (SSSR count). The number of carboxylic acids is 1. The Hall–Kier alpha value is -1.32. The van der Waals surface area contributed by atoms with Crippen molar-refractivity contribution in [1.29, 1.82) is 0 Å². The summed E-state index contributed by atoms with van der Waals surface area (Å²) in [6.45, 7) is 5.62. The van der Waals surface area contributed by atoms with E-state index in [4.69, 9.17) is 9.84 Å². The molecular formula is C14H22NO4P. The molecule has 5 nitrogen and oxygen atoms in total. The van der Waals surface area contributed by atoms with Gasteiger partial charge in [0.1, 0.15) is 12.4 Å². The fraction of sp³-hybridized carbons (Fsp3) is 0.500. The van der Waals surface area contributed by atoms with Crippen LogP contribution in [0.25, 0.3) is 0 Å². The van der Waals surface area contributed by atoms with Crippen LogP contribution in [0.2, 0.25) is 0 Å². The fourth-order valence-corrected chi connectivity index (χ4v) is 2.36. The molecule has 20 heavy (non-hydrogen) atoms. The van der Waals surface area contributed by atoms with Gasteiger partial charge in [-0.1, -0.05) is 0 Å². The molecule has 0 aliphatic carbocycles. The maximum atomic E-state index is 11.6. The Morgan fingerprint density at radius 1 is 1.25 bits per heavy atom. The summed E-state index contributed by atoms with van der Waals surface area (Å²) in [6.07, 6.45) is 0.705. The average Bonchev–Trinajstić information content (AvgIpc) is 2.36. The molecule has 0 heterocycles. The number of carboxylic acid groups (broad SMARTS) is 1. The molecule has 0 aliphatic heterocycles. The van der Waals surface area contributed by atoms with Crippen LogP contribution in [0.4, 0.5) is 0 Å². The summed E-state index contributed by atoms with van der Waals surface area (Å²) in [7, 11) is 0.00197. The molecule has 0 saturated carbocycles. The number of hydrogen-bond donors (Lipinski definition) is 1. The molecule has 0 radical (unpaired) electrons. The third-order valence-electron chi connectivity index (χ3n) is 2.86. The molecule has 0 aromatic heterocycles. The molecule has 0 aliphatic rings. The molecule has 0 atom stereocenters. The average molecular weight is 299 g/mol. The van der Waals surface area contributed by atoms with Gasteiger partial charge >= 0.3 is 5.97 Å². The Morgan fingerprint density at radius 2 is 1.85 bits per heavy atom. The fourth-order valence-electron chi connectivity index (χ4n) is 1.54. The summed E-state index contributed by atoms with van der Waals surface area (Å²) in [6, 6.07) is 6.34. The van der Waals surface area contributed by atoms with Crippen molar-refractivity contribution in [3.8, 4) is 5.75 Å². The molecule has 1 N–H and O–H groups in total. The van der Waals surface area contributed by atoms with Crippen LogP contribution in [0.1, 0.15) is 10.4 Å². The number of hydrogen-bond acceptors (Lipinski definition) is 4. The second-order valence-electron chi connectivity index (χ2n) is 5.28. The number of ether oxygens (including phenoxy) is 1. The van der Waals surface area contributed by atoms with Crippen molar-refractivity contribution in [1.82, 2.24) is 4.90 Å². The first-order valence-electron chi connectivity index (χ1n) is 6.46. The highest BCUT2D eigenvalue weighted by Crippen LogP contribution is 2.34. The standard InChI is InChI=1S/C14H22NO4P/c1-15(9-11-20(2,3)18)8-10-19-13-6-4-12(5-7-13)14(16)17/h4-7H,8-11H2,1-3H3,(H,16,17). The van der Waals surface area contributed by atoms with Crippen LogP contribution in [0.3, 0.4) is 0 Å². The lowest BCUT2D eigenvalue weighted by atomic mass is 10.2. The zero-order valence-electron chi connectivity index (χ0n) is 12.2. The van der Waals surface area contributed by atoms with Crippen molar-refractivity contribution < 1.29 is 19.2 Å². The zero-order chi connectivity index (χ0) is 15.2. The lowest BCUT2D eigenvalue weighted by Gasteiger charge is -2.18. The summed E-state index contributed by atoms with van der Waals surface area (Å²) >= 11 is 0. The number of likely N-dealkylation sites (N-methyl/N-ethyl adjacent to an activating group) is 1. The summed E-state index contributed by atoms with van der Waals surface area (Å²) in [4.78, 5) is 12.8. The van der Waals surface area contributed by atoms with E-state index < -0.39 is 13.1 Å². The van der Waals surface area contributed by atoms with E-state index in [9.17, 15) is 9.36 Å². The predicted octanol–water partition coefficient (Wildman–Crippen LogP) is 2.32. The lowest BCUT2D eigenvalue weighted by molar-refractivity contribution is 0.0697. The third-order valence-corrected chi connectivity index (χ3v) is 4.14. The van der Waals surface area contributed by atoms with E-state index in [2.05, 4.69) is 4.90 Å². The second kappa shape index (κ2) is 7.46. The molecule has 1 aromatic rings. The van der Waals surface area contributed by atoms with E-state index in [1.165, 1.54) is 12.1 Å². The zero-order valence-corrected chi connectivity index (χ0v) is 13.1. The normalized spacial score (nSPS) is 11.6. The maximum absolute atomic E-state index is 11.6. The van der Waals surface area contributed by atoms with Gasteiger partial charge in [0, 0.05) is 19.3 Å². The Kier molecular flexibility index (Phi) is 6.24. The second-order valence-corrected chi connectivity index (χ2v) is 8.87. The quantitative estimate of drug-likeness (QED) is 0.746. The largest absolute Gasteiger partial charge is 0.492 e. The minimum absolute atomic E-state index is 0.246. The Bertz CT molecular complexity index is 480. The van der Waals surface area contributed by atoms with Crippen molar-refractivity contribution >= 4 is 13.1 Å². The summed E-state index contributed by atoms with van der Waals surface area (Å²) in [5.74, 6) is -0.292. The molecule has 112 valence electrons. The van der Waals surface area contributed by atoms with Gasteiger partial charge in [0.25, 0.3) is 0 Å². The van der Waals surface area contributed by atoms with Gasteiger partial charge in [-0.25, -0.2) is 4.79 Å². The van der Waals surface area contributed by atoms with E-state index >= 15 is 0 Å². The van der Waals surface area contributed by atoms with Crippen molar-refractivity contribution in [2.45, 2.75) is 0 Å². The van der Waals surface area contributed by atoms with Crippen LogP contribution >= 0.6 is 7.14 Å². The van der Waals surface area contributed by atoms with Crippen LogP contribution in [0.5, 0.6) is 5.75 Å². The van der Waals surface area contributed by atoms with Gasteiger partial charge < -0.3 is 19.3 Å². The summed E-state index contributed by atoms with van der Waals surface area (Å²) in [5, 5.41) is 8.78. The topological polar surface area (TPSA) is 66.8 Å². The van der Waals surface area contributed by atoms with Gasteiger partial charge in [-0.15, -0.1) is 0 Å². The molecule has 0 bridgehead atoms. The first-order valence-corrected chi connectivity index (χ1v) is 9.25. The third kappa shape index (κ3) is 6.73. The first-order chi connectivity index (χ1) is 9.28. The molecule has 0 saturated heterocycles. The summed E-state index contributed by atoms with van der Waals surface area (Å²) in [5.41, 5.74) is 0.246. The molecule has 0 amide bonds. The van der Waals surface area contributed by atoms with Crippen LogP contribution in [-0.2, 0) is 4.57 Å². The van der Waals surface area contributed by atoms with Gasteiger partial charge in [0.15, 0.2) is 0 Å². The lowest BCUT2D eigenvalue weighted by Crippen LogP contribution is -2.27. The molecular weight excluding hydrogens is 277 g/mol. The molecule has 0 spiro atoms. The van der Waals surface area contributed by atoms with Crippen molar-refractivity contribution in [3.05, 3.63) is 29.8 Å². The van der Waals surface area contributed by atoms with Gasteiger partial charge in [0.2, 0.25) is 0 Å². The number of carbonyl (C=O) groups is 1. The Balaban J connectivity index is 2.30. The summed E-state index contributed by atoms with van der Waals surface area (Å²) < 4.78 is 17.1. The van der Waals surface area contributed by atoms with Gasteiger partial charge in [0.05, 0.1) is 12.7 Å². The highest BCUT2D eigenvalue weighted by Gasteiger charge is 2.08. The van der Waals surface area contributed by atoms with Crippen LogP contribution in [0.15, 0.2) is 24.3 Å². The van der Waals surface area contributed by atoms with E-state index in [0.717, 1.165) is 13.1 Å². The molecule has 0 unspecified atom stereocenters. The van der Waals surface area contributed by atoms with Crippen LogP contribution in [-0.4, -0.2) is 62.2 Å². The maximum Gasteiger partial charge on any atom is 0.335 e. The van der Waals surface area contributed by atoms with Gasteiger partial charge in [-0.2, -0.15) is 0 Å². The monoisotopic (exact) mass is 299 g/mol. The number of benzene rings is 1. The van der Waals surface area contributed by atoms with Crippen molar-refractivity contribution in [2.75, 3.05) is 46.2 Å². The van der Waals surface area contributed by atoms with Crippen LogP contribution < -0.4 is 4.74 Å². The highest BCUT2D eigenvalue weighted by molar-refractivity contribution is 7.62. The number of rotatable bonds is 8.